The third-order valence-corrected chi connectivity index (χ3v) is 3.66. The summed E-state index contributed by atoms with van der Waals surface area (Å²) in [5, 5.41) is 12.7. The third-order valence-electron chi connectivity index (χ3n) is 3.66. The van der Waals surface area contributed by atoms with Crippen LogP contribution in [0.15, 0.2) is 21.1 Å². The number of carbonyl (C=O) groups is 1. The normalized spacial score (nSPS) is 25.5. The van der Waals surface area contributed by atoms with Crippen LogP contribution in [0.1, 0.15) is 37.5 Å². The molecule has 0 bridgehead atoms. The fourth-order valence-corrected chi connectivity index (χ4v) is 2.72. The summed E-state index contributed by atoms with van der Waals surface area (Å²) in [6.45, 7) is 0. The van der Waals surface area contributed by atoms with Gasteiger partial charge in [-0.1, -0.05) is 11.6 Å². The Kier molecular flexibility index (Phi) is 3.31. The van der Waals surface area contributed by atoms with Crippen LogP contribution < -0.4 is 11.2 Å². The summed E-state index contributed by atoms with van der Waals surface area (Å²) in [6, 6.07) is -0.0811. The highest BCUT2D eigenvalue weighted by atomic mass is 16.7. The number of rotatable bonds is 3. The van der Waals surface area contributed by atoms with Gasteiger partial charge in [-0.3, -0.25) is 19.4 Å². The van der Waals surface area contributed by atoms with Gasteiger partial charge in [0.1, 0.15) is 11.8 Å². The highest BCUT2D eigenvalue weighted by Crippen LogP contribution is 2.27. The molecule has 3 heterocycles. The van der Waals surface area contributed by atoms with E-state index in [1.165, 1.54) is 6.08 Å². The summed E-state index contributed by atoms with van der Waals surface area (Å²) in [6.07, 6.45) is 5.15. The fraction of sp³-hybridized carbons (Fsp3) is 0.583. The molecule has 0 radical (unpaired) electrons. The molecule has 0 saturated carbocycles. The van der Waals surface area contributed by atoms with E-state index in [2.05, 4.69) is 10.6 Å². The largest absolute Gasteiger partial charge is 0.477 e. The van der Waals surface area contributed by atoms with Crippen molar-refractivity contribution >= 4 is 5.97 Å². The molecule has 2 atom stereocenters. The zero-order chi connectivity index (χ0) is 14.1. The SMILES string of the molecule is O=C(O)C1=CC(CC2CCCCc3noc(=O)n32)ON1. The molecule has 8 nitrogen and oxygen atoms in total. The van der Waals surface area contributed by atoms with Gasteiger partial charge in [0, 0.05) is 18.9 Å². The predicted octanol–water partition coefficient (Wildman–Crippen LogP) is 0.366. The Morgan fingerprint density at radius 3 is 3.15 bits per heavy atom. The summed E-state index contributed by atoms with van der Waals surface area (Å²) < 4.78 is 6.29. The zero-order valence-corrected chi connectivity index (χ0v) is 10.7. The summed E-state index contributed by atoms with van der Waals surface area (Å²) >= 11 is 0. The smallest absolute Gasteiger partial charge is 0.441 e. The number of carboxylic acid groups (broad SMARTS) is 1. The van der Waals surface area contributed by atoms with Crippen molar-refractivity contribution in [3.05, 3.63) is 28.1 Å². The number of hydrogen-bond acceptors (Lipinski definition) is 6. The Labute approximate surface area is 114 Å². The van der Waals surface area contributed by atoms with Crippen LogP contribution in [-0.2, 0) is 16.1 Å². The summed E-state index contributed by atoms with van der Waals surface area (Å²) in [4.78, 5) is 27.8. The van der Waals surface area contributed by atoms with Crippen LogP contribution in [0.3, 0.4) is 0 Å². The van der Waals surface area contributed by atoms with Gasteiger partial charge in [0.05, 0.1) is 0 Å². The second-order valence-electron chi connectivity index (χ2n) is 5.01. The van der Waals surface area contributed by atoms with E-state index in [9.17, 15) is 9.59 Å². The average molecular weight is 281 g/mol. The first-order valence-corrected chi connectivity index (χ1v) is 6.59. The predicted molar refractivity (Wildman–Crippen MR) is 65.7 cm³/mol. The number of carboxylic acids is 1. The second kappa shape index (κ2) is 5.12. The molecular formula is C12H15N3O5. The van der Waals surface area contributed by atoms with Crippen molar-refractivity contribution in [2.75, 3.05) is 0 Å². The summed E-state index contributed by atoms with van der Waals surface area (Å²) in [5.74, 6) is -0.859. The molecule has 1 aromatic rings. The first-order chi connectivity index (χ1) is 9.65. The van der Waals surface area contributed by atoms with Crippen LogP contribution in [0, 0.1) is 0 Å². The molecule has 8 heteroatoms. The van der Waals surface area contributed by atoms with E-state index >= 15 is 0 Å². The van der Waals surface area contributed by atoms with E-state index in [-0.39, 0.29) is 17.8 Å². The topological polar surface area (TPSA) is 107 Å². The van der Waals surface area contributed by atoms with E-state index in [4.69, 9.17) is 14.5 Å². The lowest BCUT2D eigenvalue weighted by atomic mass is 10.0. The lowest BCUT2D eigenvalue weighted by Crippen LogP contribution is -2.26. The van der Waals surface area contributed by atoms with Gasteiger partial charge in [-0.25, -0.2) is 9.59 Å². The molecule has 2 unspecified atom stereocenters. The number of aromatic nitrogens is 2. The lowest BCUT2D eigenvalue weighted by molar-refractivity contribution is -0.134. The van der Waals surface area contributed by atoms with Crippen LogP contribution >= 0.6 is 0 Å². The molecule has 2 N–H and O–H groups in total. The van der Waals surface area contributed by atoms with E-state index < -0.39 is 11.7 Å². The first kappa shape index (κ1) is 12.9. The lowest BCUT2D eigenvalue weighted by Gasteiger charge is -2.18. The van der Waals surface area contributed by atoms with E-state index in [1.54, 1.807) is 4.57 Å². The molecule has 3 rings (SSSR count). The van der Waals surface area contributed by atoms with Gasteiger partial charge in [-0.05, 0) is 18.9 Å². The Morgan fingerprint density at radius 2 is 2.40 bits per heavy atom. The maximum Gasteiger partial charge on any atom is 0.441 e. The Morgan fingerprint density at radius 1 is 1.55 bits per heavy atom. The Balaban J connectivity index is 1.79. The van der Waals surface area contributed by atoms with Gasteiger partial charge in [0.25, 0.3) is 0 Å². The molecule has 0 saturated heterocycles. The van der Waals surface area contributed by atoms with E-state index in [1.807, 2.05) is 0 Å². The van der Waals surface area contributed by atoms with Gasteiger partial charge in [-0.2, -0.15) is 0 Å². The molecule has 0 fully saturated rings. The zero-order valence-electron chi connectivity index (χ0n) is 10.7. The van der Waals surface area contributed by atoms with Crippen molar-refractivity contribution in [2.24, 2.45) is 0 Å². The number of fused-ring (bicyclic) bond motifs is 1. The van der Waals surface area contributed by atoms with Gasteiger partial charge >= 0.3 is 11.7 Å². The van der Waals surface area contributed by atoms with Crippen molar-refractivity contribution < 1.29 is 19.3 Å². The molecule has 108 valence electrons. The van der Waals surface area contributed by atoms with Gasteiger partial charge in [-0.15, -0.1) is 0 Å². The van der Waals surface area contributed by atoms with Crippen LogP contribution in [0.25, 0.3) is 0 Å². The van der Waals surface area contributed by atoms with Gasteiger partial charge < -0.3 is 5.11 Å². The standard InChI is InChI=1S/C12H15N3O5/c16-11(17)9-6-8(19-13-9)5-7-3-1-2-4-10-14-20-12(18)15(7)10/h6-8,13H,1-5H2,(H,16,17). The van der Waals surface area contributed by atoms with Crippen LogP contribution in [0.5, 0.6) is 0 Å². The third kappa shape index (κ3) is 2.34. The van der Waals surface area contributed by atoms with Crippen LogP contribution in [-0.4, -0.2) is 26.9 Å². The molecule has 0 amide bonds. The minimum absolute atomic E-state index is 0.0292. The maximum atomic E-state index is 11.7. The highest BCUT2D eigenvalue weighted by Gasteiger charge is 2.29. The average Bonchev–Trinajstić information content (AvgIpc) is 2.95. The molecular weight excluding hydrogens is 266 g/mol. The number of nitrogens with one attached hydrogen (secondary N) is 1. The summed E-state index contributed by atoms with van der Waals surface area (Å²) in [7, 11) is 0. The van der Waals surface area contributed by atoms with Crippen molar-refractivity contribution in [1.82, 2.24) is 15.2 Å². The fourth-order valence-electron chi connectivity index (χ4n) is 2.72. The molecule has 2 aliphatic heterocycles. The van der Waals surface area contributed by atoms with Crippen molar-refractivity contribution in [3.8, 4) is 0 Å². The van der Waals surface area contributed by atoms with E-state index in [0.29, 0.717) is 12.2 Å². The molecule has 20 heavy (non-hydrogen) atoms. The number of aliphatic carboxylic acids is 1. The van der Waals surface area contributed by atoms with Crippen molar-refractivity contribution in [3.63, 3.8) is 0 Å². The van der Waals surface area contributed by atoms with Gasteiger partial charge in [0.15, 0.2) is 5.82 Å². The molecule has 0 aromatic carbocycles. The van der Waals surface area contributed by atoms with Crippen LogP contribution in [0.2, 0.25) is 0 Å². The van der Waals surface area contributed by atoms with Gasteiger partial charge in [0.2, 0.25) is 0 Å². The molecule has 2 aliphatic rings. The van der Waals surface area contributed by atoms with Crippen LogP contribution in [0.4, 0.5) is 0 Å². The quantitative estimate of drug-likeness (QED) is 0.824. The highest BCUT2D eigenvalue weighted by molar-refractivity contribution is 5.86. The Hall–Kier alpha value is -2.09. The molecule has 0 aliphatic carbocycles. The van der Waals surface area contributed by atoms with Crippen molar-refractivity contribution in [1.29, 1.82) is 0 Å². The monoisotopic (exact) mass is 281 g/mol. The number of hydroxylamine groups is 1. The molecule has 1 aromatic heterocycles. The summed E-state index contributed by atoms with van der Waals surface area (Å²) in [5.41, 5.74) is 2.41. The maximum absolute atomic E-state index is 11.7. The number of aryl methyl sites for hydroxylation is 1. The molecule has 0 spiro atoms. The second-order valence-corrected chi connectivity index (χ2v) is 5.01. The number of hydrogen-bond donors (Lipinski definition) is 2. The number of nitrogens with zero attached hydrogens (tertiary/aromatic N) is 2. The minimum Gasteiger partial charge on any atom is -0.477 e. The first-order valence-electron chi connectivity index (χ1n) is 6.59. The van der Waals surface area contributed by atoms with E-state index in [0.717, 1.165) is 25.7 Å². The Bertz CT molecular complexity index is 602. The minimum atomic E-state index is -1.06. The van der Waals surface area contributed by atoms with Crippen molar-refractivity contribution in [2.45, 2.75) is 44.2 Å².